The van der Waals surface area contributed by atoms with Crippen molar-refractivity contribution in [2.75, 3.05) is 19.3 Å². The lowest BCUT2D eigenvalue weighted by molar-refractivity contribution is 0.447. The summed E-state index contributed by atoms with van der Waals surface area (Å²) in [4.78, 5) is 4.67. The molecule has 0 bridgehead atoms. The van der Waals surface area contributed by atoms with Gasteiger partial charge in [0.15, 0.2) is 0 Å². The Hall–Kier alpha value is -0.0200. The third-order valence-electron chi connectivity index (χ3n) is 2.20. The van der Waals surface area contributed by atoms with Crippen LogP contribution in [0, 0.1) is 5.92 Å². The number of hydrogen-bond acceptors (Lipinski definition) is 3. The second-order valence-electron chi connectivity index (χ2n) is 3.26. The van der Waals surface area contributed by atoms with Crippen molar-refractivity contribution in [2.45, 2.75) is 18.9 Å². The molecule has 0 aromatic heterocycles. The van der Waals surface area contributed by atoms with Crippen molar-refractivity contribution in [1.82, 2.24) is 5.32 Å². The molecule has 0 amide bonds. The monoisotopic (exact) mass is 170 g/mol. The Labute approximate surface area is 71.9 Å². The van der Waals surface area contributed by atoms with Crippen molar-refractivity contribution in [1.29, 1.82) is 0 Å². The van der Waals surface area contributed by atoms with E-state index < -0.39 is 0 Å². The van der Waals surface area contributed by atoms with Crippen LogP contribution in [0.5, 0.6) is 0 Å². The minimum absolute atomic E-state index is 0.693. The maximum absolute atomic E-state index is 4.67. The zero-order chi connectivity index (χ0) is 7.68. The van der Waals surface area contributed by atoms with E-state index in [1.54, 1.807) is 0 Å². The Balaban J connectivity index is 1.92. The van der Waals surface area contributed by atoms with Crippen LogP contribution in [0.3, 0.4) is 0 Å². The number of nitrogens with zero attached hydrogens (tertiary/aromatic N) is 1. The lowest BCUT2D eigenvalue weighted by Gasteiger charge is -2.27. The highest BCUT2D eigenvalue weighted by Crippen LogP contribution is 2.27. The lowest BCUT2D eigenvalue weighted by Crippen LogP contribution is -2.45. The van der Waals surface area contributed by atoms with E-state index in [0.29, 0.717) is 6.04 Å². The van der Waals surface area contributed by atoms with Gasteiger partial charge in [-0.1, -0.05) is 0 Å². The number of rotatable bonds is 2. The molecule has 2 aliphatic rings. The minimum Gasteiger partial charge on any atom is -0.315 e. The van der Waals surface area contributed by atoms with Crippen molar-refractivity contribution in [3.05, 3.63) is 0 Å². The van der Waals surface area contributed by atoms with Gasteiger partial charge < -0.3 is 5.32 Å². The van der Waals surface area contributed by atoms with Gasteiger partial charge in [0.1, 0.15) is 0 Å². The van der Waals surface area contributed by atoms with E-state index in [9.17, 15) is 0 Å². The molecule has 1 aliphatic carbocycles. The summed E-state index contributed by atoms with van der Waals surface area (Å²) in [6, 6.07) is 0.693. The maximum Gasteiger partial charge on any atom is 0.0733 e. The van der Waals surface area contributed by atoms with Gasteiger partial charge in [0.2, 0.25) is 0 Å². The van der Waals surface area contributed by atoms with Gasteiger partial charge in [0, 0.05) is 19.0 Å². The molecule has 0 unspecified atom stereocenters. The lowest BCUT2D eigenvalue weighted by atomic mass is 10.1. The molecule has 3 heteroatoms. The summed E-state index contributed by atoms with van der Waals surface area (Å²) in [6.07, 6.45) is 4.79. The van der Waals surface area contributed by atoms with Crippen LogP contribution in [0.25, 0.3) is 0 Å². The molecule has 1 heterocycles. The molecule has 11 heavy (non-hydrogen) atoms. The number of hydrogen-bond donors (Lipinski definition) is 1. The highest BCUT2D eigenvalue weighted by atomic mass is 32.2. The molecule has 0 aromatic carbocycles. The Morgan fingerprint density at radius 3 is 2.55 bits per heavy atom. The fourth-order valence-electron chi connectivity index (χ4n) is 1.17. The first-order chi connectivity index (χ1) is 5.40. The van der Waals surface area contributed by atoms with Crippen molar-refractivity contribution < 1.29 is 0 Å². The highest BCUT2D eigenvalue weighted by molar-refractivity contribution is 8.13. The predicted molar refractivity (Wildman–Crippen MR) is 50.3 cm³/mol. The smallest absolute Gasteiger partial charge is 0.0733 e. The summed E-state index contributed by atoms with van der Waals surface area (Å²) in [6.45, 7) is 2.29. The van der Waals surface area contributed by atoms with Crippen LogP contribution in [0.1, 0.15) is 12.8 Å². The summed E-state index contributed by atoms with van der Waals surface area (Å²) in [7, 11) is 0. The van der Waals surface area contributed by atoms with E-state index in [1.165, 1.54) is 17.9 Å². The van der Waals surface area contributed by atoms with Gasteiger partial charge in [0.25, 0.3) is 0 Å². The number of nitrogens with one attached hydrogen (secondary N) is 1. The summed E-state index contributed by atoms with van der Waals surface area (Å²) in [5.74, 6) is 0.741. The van der Waals surface area contributed by atoms with Crippen molar-refractivity contribution in [3.8, 4) is 0 Å². The van der Waals surface area contributed by atoms with Crippen molar-refractivity contribution >= 4 is 16.8 Å². The average molecular weight is 170 g/mol. The van der Waals surface area contributed by atoms with E-state index in [1.807, 2.05) is 11.8 Å². The molecule has 0 spiro atoms. The second-order valence-corrected chi connectivity index (χ2v) is 4.08. The molecule has 2 rings (SSSR count). The summed E-state index contributed by atoms with van der Waals surface area (Å²) in [5, 5.41) is 4.66. The van der Waals surface area contributed by atoms with E-state index in [4.69, 9.17) is 0 Å². The van der Waals surface area contributed by atoms with Crippen LogP contribution in [0.2, 0.25) is 0 Å². The summed E-state index contributed by atoms with van der Waals surface area (Å²) in [5.41, 5.74) is 0. The van der Waals surface area contributed by atoms with E-state index >= 15 is 0 Å². The quantitative estimate of drug-likeness (QED) is 0.496. The van der Waals surface area contributed by atoms with Crippen molar-refractivity contribution in [3.63, 3.8) is 0 Å². The van der Waals surface area contributed by atoms with Crippen LogP contribution in [0.15, 0.2) is 4.99 Å². The largest absolute Gasteiger partial charge is 0.315 e. The Bertz CT molecular complexity index is 171. The average Bonchev–Trinajstić information content (AvgIpc) is 2.66. The molecule has 0 aromatic rings. The zero-order valence-electron chi connectivity index (χ0n) is 6.84. The molecule has 1 saturated carbocycles. The standard InChI is InChI=1S/C8H14N2S/c1-11-8(6-4-9-5-6)10-7-2-3-7/h6-7,9H,2-5H2,1H3. The third kappa shape index (κ3) is 1.76. The van der Waals surface area contributed by atoms with Gasteiger partial charge >= 0.3 is 0 Å². The Morgan fingerprint density at radius 2 is 2.18 bits per heavy atom. The molecular weight excluding hydrogens is 156 g/mol. The molecule has 0 radical (unpaired) electrons. The van der Waals surface area contributed by atoms with Crippen LogP contribution < -0.4 is 5.32 Å². The SMILES string of the molecule is CSC(=NC1CC1)C1CNC1. The predicted octanol–water partition coefficient (Wildman–Crippen LogP) is 1.13. The summed E-state index contributed by atoms with van der Waals surface area (Å²) < 4.78 is 0. The van der Waals surface area contributed by atoms with E-state index in [-0.39, 0.29) is 0 Å². The second kappa shape index (κ2) is 3.15. The van der Waals surface area contributed by atoms with Crippen LogP contribution in [-0.2, 0) is 0 Å². The van der Waals surface area contributed by atoms with Crippen molar-refractivity contribution in [2.24, 2.45) is 10.9 Å². The van der Waals surface area contributed by atoms with Gasteiger partial charge in [-0.05, 0) is 19.1 Å². The van der Waals surface area contributed by atoms with Gasteiger partial charge in [-0.2, -0.15) is 0 Å². The summed E-state index contributed by atoms with van der Waals surface area (Å²) >= 11 is 1.83. The van der Waals surface area contributed by atoms with Crippen LogP contribution in [0.4, 0.5) is 0 Å². The minimum atomic E-state index is 0.693. The van der Waals surface area contributed by atoms with Gasteiger partial charge in [-0.3, -0.25) is 4.99 Å². The molecule has 62 valence electrons. The number of aliphatic imine (C=N–C) groups is 1. The van der Waals surface area contributed by atoms with Crippen LogP contribution >= 0.6 is 11.8 Å². The Kier molecular flexibility index (Phi) is 2.18. The first-order valence-corrected chi connectivity index (χ1v) is 5.45. The van der Waals surface area contributed by atoms with Gasteiger partial charge in [-0.25, -0.2) is 0 Å². The Morgan fingerprint density at radius 1 is 1.45 bits per heavy atom. The van der Waals surface area contributed by atoms with Gasteiger partial charge in [0.05, 0.1) is 11.1 Å². The maximum atomic E-state index is 4.67. The molecular formula is C8H14N2S. The molecule has 1 aliphatic heterocycles. The molecule has 2 fully saturated rings. The topological polar surface area (TPSA) is 24.4 Å². The molecule has 1 saturated heterocycles. The van der Waals surface area contributed by atoms with E-state index in [0.717, 1.165) is 19.0 Å². The van der Waals surface area contributed by atoms with Crippen LogP contribution in [-0.4, -0.2) is 30.4 Å². The zero-order valence-corrected chi connectivity index (χ0v) is 7.66. The molecule has 2 nitrogen and oxygen atoms in total. The fourth-order valence-corrected chi connectivity index (χ4v) is 1.93. The first-order valence-electron chi connectivity index (χ1n) is 4.22. The highest BCUT2D eigenvalue weighted by Gasteiger charge is 2.26. The normalized spacial score (nSPS) is 26.8. The molecule has 1 N–H and O–H groups in total. The number of thioether (sulfide) groups is 1. The fraction of sp³-hybridized carbons (Fsp3) is 0.875. The van der Waals surface area contributed by atoms with E-state index in [2.05, 4.69) is 16.6 Å². The first kappa shape index (κ1) is 7.62. The van der Waals surface area contributed by atoms with Gasteiger partial charge in [-0.15, -0.1) is 11.8 Å². The third-order valence-corrected chi connectivity index (χ3v) is 3.05. The molecule has 0 atom stereocenters.